The summed E-state index contributed by atoms with van der Waals surface area (Å²) in [5, 5.41) is 6.32. The molecule has 8 aromatic rings. The molecule has 0 saturated heterocycles. The van der Waals surface area contributed by atoms with E-state index < -0.39 is 0 Å². The third-order valence-corrected chi connectivity index (χ3v) is 9.48. The molecule has 1 aliphatic rings. The molecule has 222 valence electrons. The molecule has 47 heavy (non-hydrogen) atoms. The van der Waals surface area contributed by atoms with Crippen molar-refractivity contribution < 1.29 is 0 Å². The lowest BCUT2D eigenvalue weighted by Crippen LogP contribution is -1.99. The lowest BCUT2D eigenvalue weighted by atomic mass is 10.00. The predicted molar refractivity (Wildman–Crippen MR) is 201 cm³/mol. The highest BCUT2D eigenvalue weighted by atomic mass is 15.0. The van der Waals surface area contributed by atoms with E-state index in [1.807, 2.05) is 0 Å². The van der Waals surface area contributed by atoms with Crippen LogP contribution in [0.2, 0.25) is 0 Å². The summed E-state index contributed by atoms with van der Waals surface area (Å²) in [6, 6.07) is 48.5. The van der Waals surface area contributed by atoms with Crippen LogP contribution in [-0.2, 0) is 6.42 Å². The Labute approximate surface area is 274 Å². The zero-order valence-corrected chi connectivity index (χ0v) is 26.0. The quantitative estimate of drug-likeness (QED) is 0.191. The summed E-state index contributed by atoms with van der Waals surface area (Å²) < 4.78 is 4.84. The molecular weight excluding hydrogens is 569 g/mol. The number of fused-ring (bicyclic) bond motifs is 8. The van der Waals surface area contributed by atoms with Gasteiger partial charge in [0.05, 0.1) is 22.2 Å². The highest BCUT2D eigenvalue weighted by Crippen LogP contribution is 2.39. The molecule has 9 rings (SSSR count). The normalized spacial score (nSPS) is 15.3. The molecule has 0 spiro atoms. The highest BCUT2D eigenvalue weighted by molar-refractivity contribution is 6.12. The van der Waals surface area contributed by atoms with Crippen molar-refractivity contribution >= 4 is 49.6 Å². The number of rotatable bonds is 3. The topological polar surface area (TPSA) is 9.86 Å². The van der Waals surface area contributed by atoms with Crippen molar-refractivity contribution in [1.29, 1.82) is 0 Å². The largest absolute Gasteiger partial charge is 0.310 e. The Morgan fingerprint density at radius 1 is 0.489 bits per heavy atom. The fourth-order valence-corrected chi connectivity index (χ4v) is 7.31. The second-order valence-electron chi connectivity index (χ2n) is 12.2. The number of allylic oxidation sites excluding steroid dienone is 6. The molecule has 2 nitrogen and oxygen atoms in total. The standard InChI is InChI=1S/C45H32N2/c1-31-12-4-2-7-18-39-42(27-20-31)47(44-28-23-34-15-8-9-16-37(34)45(39)44)36-26-29-43-40(30-36)38-17-10-11-19-41(38)46(43)35-24-21-33(22-25-35)32-13-5-3-6-14-32/h2-17,19-30H,1,18H2/b7-2-,12-4-,27-20-. The van der Waals surface area contributed by atoms with Crippen LogP contribution < -0.4 is 0 Å². The van der Waals surface area contributed by atoms with Crippen molar-refractivity contribution in [3.8, 4) is 22.5 Å². The van der Waals surface area contributed by atoms with Gasteiger partial charge in [-0.1, -0.05) is 128 Å². The molecule has 0 atom stereocenters. The molecule has 6 aromatic carbocycles. The Balaban J connectivity index is 1.29. The molecule has 2 heterocycles. The van der Waals surface area contributed by atoms with Crippen molar-refractivity contribution in [1.82, 2.24) is 9.13 Å². The first-order valence-corrected chi connectivity index (χ1v) is 16.2. The maximum Gasteiger partial charge on any atom is 0.0544 e. The van der Waals surface area contributed by atoms with Crippen molar-refractivity contribution in [2.24, 2.45) is 0 Å². The molecular formula is C45H32N2. The second kappa shape index (κ2) is 11.0. The smallest absolute Gasteiger partial charge is 0.0544 e. The minimum atomic E-state index is 0.842. The molecule has 0 unspecified atom stereocenters. The number of hydrogen-bond acceptors (Lipinski definition) is 0. The molecule has 1 aliphatic carbocycles. The monoisotopic (exact) mass is 600 g/mol. The summed E-state index contributed by atoms with van der Waals surface area (Å²) in [6.45, 7) is 4.28. The summed E-state index contributed by atoms with van der Waals surface area (Å²) in [7, 11) is 0. The zero-order chi connectivity index (χ0) is 31.3. The zero-order valence-electron chi connectivity index (χ0n) is 26.0. The number of para-hydroxylation sites is 1. The van der Waals surface area contributed by atoms with Crippen LogP contribution in [0.4, 0.5) is 0 Å². The SMILES string of the molecule is C=C1/C=C\C=C/Cc2c(n(-c3ccc4c(c3)c3ccccc3n4-c3ccc(-c4ccccc4)cc3)c3ccc4ccccc4c23)/C=C\1. The van der Waals surface area contributed by atoms with Crippen LogP contribution in [0.3, 0.4) is 0 Å². The van der Waals surface area contributed by atoms with Gasteiger partial charge in [-0.05, 0) is 88.0 Å². The Bertz CT molecular complexity index is 2590. The number of hydrogen-bond donors (Lipinski definition) is 0. The van der Waals surface area contributed by atoms with Crippen molar-refractivity contribution in [2.75, 3.05) is 0 Å². The predicted octanol–water partition coefficient (Wildman–Crippen LogP) is 11.8. The Morgan fingerprint density at radius 3 is 2.06 bits per heavy atom. The van der Waals surface area contributed by atoms with E-state index in [0.717, 1.165) is 23.4 Å². The maximum atomic E-state index is 4.28. The van der Waals surface area contributed by atoms with Gasteiger partial charge in [0.2, 0.25) is 0 Å². The summed E-state index contributed by atoms with van der Waals surface area (Å²) in [4.78, 5) is 0. The van der Waals surface area contributed by atoms with Crippen LogP contribution in [0.1, 0.15) is 11.3 Å². The lowest BCUT2D eigenvalue weighted by molar-refractivity contribution is 1.09. The minimum Gasteiger partial charge on any atom is -0.310 e. The summed E-state index contributed by atoms with van der Waals surface area (Å²) >= 11 is 0. The second-order valence-corrected chi connectivity index (χ2v) is 12.2. The molecule has 0 fully saturated rings. The van der Waals surface area contributed by atoms with E-state index in [9.17, 15) is 0 Å². The molecule has 0 radical (unpaired) electrons. The number of nitrogens with zero attached hydrogens (tertiary/aromatic N) is 2. The highest BCUT2D eigenvalue weighted by Gasteiger charge is 2.20. The average Bonchev–Trinajstić information content (AvgIpc) is 3.63. The van der Waals surface area contributed by atoms with Gasteiger partial charge < -0.3 is 9.13 Å². The van der Waals surface area contributed by atoms with E-state index in [1.54, 1.807) is 0 Å². The van der Waals surface area contributed by atoms with Gasteiger partial charge >= 0.3 is 0 Å². The van der Waals surface area contributed by atoms with Crippen molar-refractivity contribution in [3.05, 3.63) is 187 Å². The third-order valence-electron chi connectivity index (χ3n) is 9.48. The van der Waals surface area contributed by atoms with Crippen LogP contribution in [0.15, 0.2) is 176 Å². The first kappa shape index (κ1) is 27.2. The van der Waals surface area contributed by atoms with E-state index in [0.29, 0.717) is 0 Å². The fraction of sp³-hybridized carbons (Fsp3) is 0.0222. The van der Waals surface area contributed by atoms with Gasteiger partial charge in [-0.2, -0.15) is 0 Å². The van der Waals surface area contributed by atoms with E-state index in [1.165, 1.54) is 65.9 Å². The molecule has 0 saturated carbocycles. The summed E-state index contributed by atoms with van der Waals surface area (Å²) in [5.41, 5.74) is 11.8. The molecule has 0 bridgehead atoms. The van der Waals surface area contributed by atoms with Gasteiger partial charge in [0.1, 0.15) is 0 Å². The van der Waals surface area contributed by atoms with E-state index >= 15 is 0 Å². The van der Waals surface area contributed by atoms with Gasteiger partial charge in [-0.25, -0.2) is 0 Å². The molecule has 2 aromatic heterocycles. The lowest BCUT2D eigenvalue weighted by Gasteiger charge is -2.12. The Morgan fingerprint density at radius 2 is 1.19 bits per heavy atom. The first-order valence-electron chi connectivity index (χ1n) is 16.2. The fourth-order valence-electron chi connectivity index (χ4n) is 7.31. The van der Waals surface area contributed by atoms with Gasteiger partial charge in [-0.15, -0.1) is 0 Å². The Kier molecular flexibility index (Phi) is 6.39. The van der Waals surface area contributed by atoms with Crippen LogP contribution >= 0.6 is 0 Å². The van der Waals surface area contributed by atoms with Gasteiger partial charge in [0.15, 0.2) is 0 Å². The van der Waals surface area contributed by atoms with Crippen LogP contribution in [0.25, 0.3) is 72.1 Å². The van der Waals surface area contributed by atoms with Crippen LogP contribution in [0.5, 0.6) is 0 Å². The summed E-state index contributed by atoms with van der Waals surface area (Å²) in [5.74, 6) is 0. The van der Waals surface area contributed by atoms with E-state index in [2.05, 4.69) is 186 Å². The summed E-state index contributed by atoms with van der Waals surface area (Å²) in [6.07, 6.45) is 13.8. The Hall–Kier alpha value is -6.12. The molecule has 0 N–H and O–H groups in total. The van der Waals surface area contributed by atoms with Crippen molar-refractivity contribution in [3.63, 3.8) is 0 Å². The molecule has 2 heteroatoms. The minimum absolute atomic E-state index is 0.842. The van der Waals surface area contributed by atoms with Crippen molar-refractivity contribution in [2.45, 2.75) is 6.42 Å². The average molecular weight is 601 g/mol. The van der Waals surface area contributed by atoms with Gasteiger partial charge in [0, 0.05) is 27.5 Å². The maximum absolute atomic E-state index is 4.28. The van der Waals surface area contributed by atoms with Gasteiger partial charge in [-0.3, -0.25) is 0 Å². The van der Waals surface area contributed by atoms with Gasteiger partial charge in [0.25, 0.3) is 0 Å². The molecule has 0 aliphatic heterocycles. The number of benzene rings is 6. The van der Waals surface area contributed by atoms with Crippen LogP contribution in [-0.4, -0.2) is 9.13 Å². The van der Waals surface area contributed by atoms with Crippen LogP contribution in [0, 0.1) is 0 Å². The first-order chi connectivity index (χ1) is 23.2. The number of aromatic nitrogens is 2. The van der Waals surface area contributed by atoms with E-state index in [4.69, 9.17) is 0 Å². The third kappa shape index (κ3) is 4.49. The molecule has 0 amide bonds. The van der Waals surface area contributed by atoms with E-state index in [-0.39, 0.29) is 0 Å².